The molecule has 3 aliphatic carbocycles. The fourth-order valence-electron chi connectivity index (χ4n) is 9.05. The summed E-state index contributed by atoms with van der Waals surface area (Å²) in [4.78, 5) is 12.9. The lowest BCUT2D eigenvalue weighted by Crippen LogP contribution is -2.50. The van der Waals surface area contributed by atoms with Crippen LogP contribution in [0.25, 0.3) is 5.57 Å². The van der Waals surface area contributed by atoms with E-state index in [1.165, 1.54) is 44.9 Å². The van der Waals surface area contributed by atoms with Crippen LogP contribution in [0.1, 0.15) is 131 Å². The van der Waals surface area contributed by atoms with Gasteiger partial charge in [0.05, 0.1) is 12.5 Å². The summed E-state index contributed by atoms with van der Waals surface area (Å²) in [6.45, 7) is 30.9. The Morgan fingerprint density at radius 1 is 1.15 bits per heavy atom. The van der Waals surface area contributed by atoms with Gasteiger partial charge in [-0.2, -0.15) is 5.26 Å². The van der Waals surface area contributed by atoms with E-state index in [2.05, 4.69) is 78.7 Å². The molecule has 7 atom stereocenters. The van der Waals surface area contributed by atoms with E-state index in [-0.39, 0.29) is 16.7 Å². The Bertz CT molecular complexity index is 1320. The number of Topliss-reactive ketones (excluding diaryl/α,β-unsaturated/α-hetero) is 1. The van der Waals surface area contributed by atoms with Crippen molar-refractivity contribution in [3.8, 4) is 6.07 Å². The Hall–Kier alpha value is -3.25. The first-order valence-electron chi connectivity index (χ1n) is 18.6. The number of rotatable bonds is 10. The fourth-order valence-corrected chi connectivity index (χ4v) is 9.05. The Morgan fingerprint density at radius 3 is 2.35 bits per heavy atom. The second-order valence-corrected chi connectivity index (χ2v) is 14.5. The molecule has 1 N–H and O–H groups in total. The highest BCUT2D eigenvalue weighted by atomic mass is 16.1. The zero-order valence-corrected chi connectivity index (χ0v) is 32.1. The Labute approximate surface area is 295 Å². The number of fused-ring (bicyclic) bond motifs is 3. The second kappa shape index (κ2) is 21.0. The van der Waals surface area contributed by atoms with Crippen molar-refractivity contribution in [2.24, 2.45) is 40.4 Å². The number of hydrogen-bond acceptors (Lipinski definition) is 3. The summed E-state index contributed by atoms with van der Waals surface area (Å²) >= 11 is 0. The van der Waals surface area contributed by atoms with E-state index < -0.39 is 0 Å². The van der Waals surface area contributed by atoms with Crippen molar-refractivity contribution < 1.29 is 4.79 Å². The smallest absolute Gasteiger partial charge is 0.140 e. The van der Waals surface area contributed by atoms with Crippen LogP contribution in [-0.4, -0.2) is 11.5 Å². The van der Waals surface area contributed by atoms with Crippen LogP contribution in [0.5, 0.6) is 0 Å². The molecule has 3 saturated carbocycles. The number of nitrogens with zero attached hydrogens (tertiary/aromatic N) is 1. The standard InChI is InChI=1S/C26H38O.C11H11N.C6H13N.C2H6/c1-7-10-19-12-13-20-21(25(19,5)15-9-3)14-16-26(6)22(20)17-18(4)24(26)23(27)11-8-2;1-9(2)11-5-3-4-10(8-11)6-7-12;1-3-4-5-6(2)7;1-2/h7-10,15,18,20-22,24H,1-2,11-14,16-17H2,3-6H3;3-5,8H,1,6H2,2H3;7H,3-5H2,1-2H3;1-2H3/b15-9-,19-10-;;;. The molecule has 0 aromatic heterocycles. The molecule has 4 rings (SSSR count). The molecule has 0 saturated heterocycles. The minimum Gasteiger partial charge on any atom is -0.310 e. The van der Waals surface area contributed by atoms with E-state index in [0.29, 0.717) is 36.4 Å². The molecule has 264 valence electrons. The minimum absolute atomic E-state index is 0.139. The molecule has 3 fully saturated rings. The van der Waals surface area contributed by atoms with E-state index in [0.717, 1.165) is 34.8 Å². The molecule has 1 aromatic rings. The predicted molar refractivity (Wildman–Crippen MR) is 210 cm³/mol. The van der Waals surface area contributed by atoms with Gasteiger partial charge in [-0.15, -0.1) is 6.58 Å². The van der Waals surface area contributed by atoms with Gasteiger partial charge in [-0.3, -0.25) is 4.79 Å². The molecule has 0 amide bonds. The van der Waals surface area contributed by atoms with Crippen LogP contribution in [0.2, 0.25) is 0 Å². The van der Waals surface area contributed by atoms with E-state index >= 15 is 0 Å². The zero-order chi connectivity index (χ0) is 36.5. The topological polar surface area (TPSA) is 64.7 Å². The van der Waals surface area contributed by atoms with Crippen LogP contribution in [0.15, 0.2) is 80.0 Å². The zero-order valence-electron chi connectivity index (χ0n) is 32.1. The Kier molecular flexibility index (Phi) is 18.7. The summed E-state index contributed by atoms with van der Waals surface area (Å²) in [5.41, 5.74) is 5.87. The van der Waals surface area contributed by atoms with Gasteiger partial charge in [0.1, 0.15) is 5.78 Å². The Balaban J connectivity index is 0.000000452. The van der Waals surface area contributed by atoms with Gasteiger partial charge in [0, 0.05) is 23.5 Å². The van der Waals surface area contributed by atoms with E-state index in [9.17, 15) is 4.79 Å². The number of unbranched alkanes of at least 4 members (excludes halogenated alkanes) is 1. The lowest BCUT2D eigenvalue weighted by Gasteiger charge is -2.56. The molecule has 7 unspecified atom stereocenters. The second-order valence-electron chi connectivity index (χ2n) is 14.5. The number of ketones is 1. The molecule has 48 heavy (non-hydrogen) atoms. The van der Waals surface area contributed by atoms with Crippen molar-refractivity contribution in [2.45, 2.75) is 127 Å². The lowest BCUT2D eigenvalue weighted by atomic mass is 9.48. The highest BCUT2D eigenvalue weighted by molar-refractivity contribution is 5.83. The van der Waals surface area contributed by atoms with Gasteiger partial charge in [-0.05, 0) is 106 Å². The first-order chi connectivity index (χ1) is 22.8. The van der Waals surface area contributed by atoms with E-state index in [4.69, 9.17) is 10.7 Å². The highest BCUT2D eigenvalue weighted by Crippen LogP contribution is 2.67. The largest absolute Gasteiger partial charge is 0.310 e. The average Bonchev–Trinajstić information content (AvgIpc) is 3.33. The first kappa shape index (κ1) is 42.8. The van der Waals surface area contributed by atoms with Gasteiger partial charge in [-0.1, -0.05) is 127 Å². The van der Waals surface area contributed by atoms with Gasteiger partial charge < -0.3 is 5.41 Å². The summed E-state index contributed by atoms with van der Waals surface area (Å²) in [5, 5.41) is 15.5. The lowest BCUT2D eigenvalue weighted by molar-refractivity contribution is -0.129. The molecule has 0 heterocycles. The van der Waals surface area contributed by atoms with E-state index in [1.54, 1.807) is 11.6 Å². The van der Waals surface area contributed by atoms with E-state index in [1.807, 2.05) is 58.0 Å². The van der Waals surface area contributed by atoms with Crippen LogP contribution in [-0.2, 0) is 11.2 Å². The maximum Gasteiger partial charge on any atom is 0.140 e. The molecule has 0 bridgehead atoms. The molecule has 0 radical (unpaired) electrons. The number of carbonyl (C=O) groups excluding carboxylic acids is 1. The quantitative estimate of drug-likeness (QED) is 0.202. The van der Waals surface area contributed by atoms with Gasteiger partial charge >= 0.3 is 0 Å². The van der Waals surface area contributed by atoms with Crippen molar-refractivity contribution in [3.63, 3.8) is 0 Å². The molecule has 1 aromatic carbocycles. The van der Waals surface area contributed by atoms with Crippen molar-refractivity contribution in [1.82, 2.24) is 0 Å². The highest BCUT2D eigenvalue weighted by Gasteiger charge is 2.61. The van der Waals surface area contributed by atoms with Crippen LogP contribution in [0.4, 0.5) is 0 Å². The number of benzene rings is 1. The number of allylic oxidation sites excluding steroid dienone is 7. The van der Waals surface area contributed by atoms with Crippen LogP contribution in [0, 0.1) is 57.2 Å². The van der Waals surface area contributed by atoms with Gasteiger partial charge in [0.25, 0.3) is 0 Å². The van der Waals surface area contributed by atoms with Crippen molar-refractivity contribution in [3.05, 3.63) is 91.1 Å². The number of nitriles is 1. The maximum atomic E-state index is 12.9. The number of nitrogens with one attached hydrogen (secondary N) is 1. The number of hydrogen-bond donors (Lipinski definition) is 1. The monoisotopic (exact) mass is 653 g/mol. The number of carbonyl (C=O) groups is 1. The minimum atomic E-state index is 0.139. The maximum absolute atomic E-state index is 12.9. The summed E-state index contributed by atoms with van der Waals surface area (Å²) in [7, 11) is 0. The van der Waals surface area contributed by atoms with Gasteiger partial charge in [-0.25, -0.2) is 0 Å². The third kappa shape index (κ3) is 10.9. The summed E-state index contributed by atoms with van der Waals surface area (Å²) in [6.07, 6.45) is 21.2. The molecule has 0 aliphatic heterocycles. The molecule has 3 nitrogen and oxygen atoms in total. The third-order valence-corrected chi connectivity index (χ3v) is 11.1. The average molecular weight is 653 g/mol. The van der Waals surface area contributed by atoms with Crippen molar-refractivity contribution in [2.75, 3.05) is 0 Å². The van der Waals surface area contributed by atoms with Gasteiger partial charge in [0.2, 0.25) is 0 Å². The molecular formula is C45H68N2O. The van der Waals surface area contributed by atoms with Crippen LogP contribution < -0.4 is 0 Å². The molecule has 3 heteroatoms. The van der Waals surface area contributed by atoms with Crippen molar-refractivity contribution in [1.29, 1.82) is 10.7 Å². The Morgan fingerprint density at radius 2 is 1.83 bits per heavy atom. The summed E-state index contributed by atoms with van der Waals surface area (Å²) < 4.78 is 0. The van der Waals surface area contributed by atoms with Crippen molar-refractivity contribution >= 4 is 17.1 Å². The van der Waals surface area contributed by atoms with Crippen LogP contribution in [0.3, 0.4) is 0 Å². The first-order valence-corrected chi connectivity index (χ1v) is 18.6. The predicted octanol–water partition coefficient (Wildman–Crippen LogP) is 13.0. The third-order valence-electron chi connectivity index (χ3n) is 11.1. The van der Waals surface area contributed by atoms with Crippen LogP contribution >= 0.6 is 0 Å². The SMILES string of the molecule is C=C(C)c1cccc(CC#N)c1.C=C/C=C1/CCC2C(CCC3(C)C2CC(C)C3C(=O)CC=C)C1(C)/C=C\C.CC.CCCCC(C)=N. The summed E-state index contributed by atoms with van der Waals surface area (Å²) in [6, 6.07) is 10.0. The molecule has 3 aliphatic rings. The summed E-state index contributed by atoms with van der Waals surface area (Å²) in [5.74, 6) is 3.26. The molecule has 0 spiro atoms. The molecular weight excluding hydrogens is 585 g/mol. The van der Waals surface area contributed by atoms with Gasteiger partial charge in [0.15, 0.2) is 0 Å². The fraction of sp³-hybridized carbons (Fsp3) is 0.578. The normalized spacial score (nSPS) is 29.2.